The summed E-state index contributed by atoms with van der Waals surface area (Å²) in [5.74, 6) is 0.216. The van der Waals surface area contributed by atoms with E-state index in [0.29, 0.717) is 11.2 Å². The molecule has 0 radical (unpaired) electrons. The second-order valence-electron chi connectivity index (χ2n) is 4.30. The number of imidazole rings is 1. The molecule has 2 heterocycles. The smallest absolute Gasteiger partial charge is 0.282 e. The summed E-state index contributed by atoms with van der Waals surface area (Å²) < 4.78 is 3.22. The van der Waals surface area contributed by atoms with E-state index in [1.54, 1.807) is 13.4 Å². The fourth-order valence-corrected chi connectivity index (χ4v) is 1.94. The number of anilines is 1. The normalized spacial score (nSPS) is 13.1. The first-order chi connectivity index (χ1) is 8.06. The lowest BCUT2D eigenvalue weighted by molar-refractivity contribution is 0.509. The molecular weight excluding hydrogens is 218 g/mol. The van der Waals surface area contributed by atoms with Gasteiger partial charge < -0.3 is 10.3 Å². The maximum atomic E-state index is 11.9. The molecule has 0 spiro atoms. The van der Waals surface area contributed by atoms with Crippen LogP contribution in [0.2, 0.25) is 0 Å². The Morgan fingerprint density at radius 2 is 2.24 bits per heavy atom. The van der Waals surface area contributed by atoms with Crippen LogP contribution in [-0.4, -0.2) is 19.1 Å². The molecule has 1 unspecified atom stereocenters. The SMILES string of the molecule is CCCC(C)n1cnc2c(=O)n(C)c(N)nc21. The Bertz CT molecular complexity index is 598. The van der Waals surface area contributed by atoms with Gasteiger partial charge in [-0.15, -0.1) is 0 Å². The van der Waals surface area contributed by atoms with Crippen molar-refractivity contribution in [1.82, 2.24) is 19.1 Å². The zero-order valence-corrected chi connectivity index (χ0v) is 10.3. The van der Waals surface area contributed by atoms with Crippen LogP contribution >= 0.6 is 0 Å². The number of nitrogens with two attached hydrogens (primary N) is 1. The molecule has 0 amide bonds. The first kappa shape index (κ1) is 11.6. The van der Waals surface area contributed by atoms with Crippen molar-refractivity contribution in [2.45, 2.75) is 32.7 Å². The Balaban J connectivity index is 2.65. The maximum absolute atomic E-state index is 11.9. The van der Waals surface area contributed by atoms with Crippen molar-refractivity contribution < 1.29 is 0 Å². The topological polar surface area (TPSA) is 78.7 Å². The minimum Gasteiger partial charge on any atom is -0.369 e. The molecular formula is C11H17N5O. The van der Waals surface area contributed by atoms with Gasteiger partial charge in [0.05, 0.1) is 6.33 Å². The van der Waals surface area contributed by atoms with Gasteiger partial charge in [-0.1, -0.05) is 13.3 Å². The van der Waals surface area contributed by atoms with Gasteiger partial charge in [-0.05, 0) is 13.3 Å². The Labute approximate surface area is 99.1 Å². The number of hydrogen-bond donors (Lipinski definition) is 1. The van der Waals surface area contributed by atoms with E-state index in [9.17, 15) is 4.79 Å². The molecule has 92 valence electrons. The number of hydrogen-bond acceptors (Lipinski definition) is 4. The van der Waals surface area contributed by atoms with Crippen LogP contribution in [0, 0.1) is 0 Å². The second-order valence-corrected chi connectivity index (χ2v) is 4.30. The van der Waals surface area contributed by atoms with E-state index in [2.05, 4.69) is 23.8 Å². The van der Waals surface area contributed by atoms with E-state index in [0.717, 1.165) is 12.8 Å². The van der Waals surface area contributed by atoms with E-state index in [4.69, 9.17) is 5.73 Å². The van der Waals surface area contributed by atoms with Crippen molar-refractivity contribution in [2.24, 2.45) is 7.05 Å². The molecule has 2 aromatic heterocycles. The van der Waals surface area contributed by atoms with Crippen LogP contribution in [0.4, 0.5) is 5.95 Å². The molecule has 1 atom stereocenters. The van der Waals surface area contributed by atoms with Gasteiger partial charge in [0.2, 0.25) is 5.95 Å². The molecule has 0 saturated carbocycles. The summed E-state index contributed by atoms with van der Waals surface area (Å²) in [6.07, 6.45) is 3.75. The van der Waals surface area contributed by atoms with E-state index in [-0.39, 0.29) is 17.5 Å². The van der Waals surface area contributed by atoms with Crippen LogP contribution in [0.15, 0.2) is 11.1 Å². The van der Waals surface area contributed by atoms with Crippen LogP contribution < -0.4 is 11.3 Å². The molecule has 2 N–H and O–H groups in total. The monoisotopic (exact) mass is 235 g/mol. The van der Waals surface area contributed by atoms with E-state index < -0.39 is 0 Å². The Morgan fingerprint density at radius 1 is 1.53 bits per heavy atom. The van der Waals surface area contributed by atoms with Crippen molar-refractivity contribution in [1.29, 1.82) is 0 Å². The molecule has 2 aromatic rings. The largest absolute Gasteiger partial charge is 0.369 e. The highest BCUT2D eigenvalue weighted by atomic mass is 16.1. The first-order valence-corrected chi connectivity index (χ1v) is 5.75. The van der Waals surface area contributed by atoms with Gasteiger partial charge in [0, 0.05) is 13.1 Å². The van der Waals surface area contributed by atoms with Gasteiger partial charge in [-0.3, -0.25) is 9.36 Å². The predicted octanol–water partition coefficient (Wildman–Crippen LogP) is 1.07. The molecule has 6 nitrogen and oxygen atoms in total. The zero-order chi connectivity index (χ0) is 12.6. The highest BCUT2D eigenvalue weighted by Crippen LogP contribution is 2.17. The Kier molecular flexibility index (Phi) is 2.87. The average Bonchev–Trinajstić information content (AvgIpc) is 2.70. The van der Waals surface area contributed by atoms with Crippen LogP contribution in [0.5, 0.6) is 0 Å². The first-order valence-electron chi connectivity index (χ1n) is 5.75. The average molecular weight is 235 g/mol. The van der Waals surface area contributed by atoms with Crippen LogP contribution in [-0.2, 0) is 7.05 Å². The van der Waals surface area contributed by atoms with Gasteiger partial charge >= 0.3 is 0 Å². The Hall–Kier alpha value is -1.85. The third kappa shape index (κ3) is 1.79. The lowest BCUT2D eigenvalue weighted by atomic mass is 10.2. The molecule has 2 rings (SSSR count). The lowest BCUT2D eigenvalue weighted by Crippen LogP contribution is -2.22. The van der Waals surface area contributed by atoms with Crippen LogP contribution in [0.3, 0.4) is 0 Å². The fourth-order valence-electron chi connectivity index (χ4n) is 1.94. The van der Waals surface area contributed by atoms with Gasteiger partial charge in [0.1, 0.15) is 0 Å². The van der Waals surface area contributed by atoms with Crippen molar-refractivity contribution in [2.75, 3.05) is 5.73 Å². The number of nitrogens with zero attached hydrogens (tertiary/aromatic N) is 4. The molecule has 0 aliphatic heterocycles. The van der Waals surface area contributed by atoms with Gasteiger partial charge in [0.25, 0.3) is 5.56 Å². The van der Waals surface area contributed by atoms with Gasteiger partial charge in [-0.25, -0.2) is 4.98 Å². The summed E-state index contributed by atoms with van der Waals surface area (Å²) in [5.41, 5.74) is 6.46. The summed E-state index contributed by atoms with van der Waals surface area (Å²) in [7, 11) is 1.60. The molecule has 0 saturated heterocycles. The standard InChI is InChI=1S/C11H17N5O/c1-4-5-7(2)16-6-13-8-9(16)14-11(12)15(3)10(8)17/h6-7H,4-5H2,1-3H3,(H2,12,14). The number of rotatable bonds is 3. The molecule has 0 aliphatic carbocycles. The van der Waals surface area contributed by atoms with E-state index in [1.807, 2.05) is 4.57 Å². The predicted molar refractivity (Wildman–Crippen MR) is 66.8 cm³/mol. The van der Waals surface area contributed by atoms with Gasteiger partial charge in [0.15, 0.2) is 11.2 Å². The molecule has 0 aromatic carbocycles. The lowest BCUT2D eigenvalue weighted by Gasteiger charge is -2.12. The molecule has 17 heavy (non-hydrogen) atoms. The number of nitrogen functional groups attached to an aromatic ring is 1. The minimum absolute atomic E-state index is 0.199. The van der Waals surface area contributed by atoms with Crippen molar-refractivity contribution in [3.63, 3.8) is 0 Å². The quantitative estimate of drug-likeness (QED) is 0.863. The second kappa shape index (κ2) is 4.20. The molecule has 0 aliphatic rings. The van der Waals surface area contributed by atoms with E-state index >= 15 is 0 Å². The minimum atomic E-state index is -0.199. The maximum Gasteiger partial charge on any atom is 0.282 e. The summed E-state index contributed by atoms with van der Waals surface area (Å²) >= 11 is 0. The molecule has 0 fully saturated rings. The van der Waals surface area contributed by atoms with E-state index in [1.165, 1.54) is 4.57 Å². The highest BCUT2D eigenvalue weighted by molar-refractivity contribution is 5.70. The van der Waals surface area contributed by atoms with Crippen molar-refractivity contribution >= 4 is 17.1 Å². The fraction of sp³-hybridized carbons (Fsp3) is 0.545. The third-order valence-corrected chi connectivity index (χ3v) is 3.02. The highest BCUT2D eigenvalue weighted by Gasteiger charge is 2.14. The molecule has 0 bridgehead atoms. The summed E-state index contributed by atoms with van der Waals surface area (Å²) in [4.78, 5) is 20.3. The summed E-state index contributed by atoms with van der Waals surface area (Å²) in [6, 6.07) is 0.268. The molecule has 6 heteroatoms. The van der Waals surface area contributed by atoms with Crippen LogP contribution in [0.1, 0.15) is 32.7 Å². The van der Waals surface area contributed by atoms with Crippen molar-refractivity contribution in [3.8, 4) is 0 Å². The zero-order valence-electron chi connectivity index (χ0n) is 10.3. The van der Waals surface area contributed by atoms with Crippen LogP contribution in [0.25, 0.3) is 11.2 Å². The number of aromatic nitrogens is 4. The summed E-state index contributed by atoms with van der Waals surface area (Å²) in [5, 5.41) is 0. The number of fused-ring (bicyclic) bond motifs is 1. The third-order valence-electron chi connectivity index (χ3n) is 3.02. The van der Waals surface area contributed by atoms with Gasteiger partial charge in [-0.2, -0.15) is 4.98 Å². The van der Waals surface area contributed by atoms with Crippen molar-refractivity contribution in [3.05, 3.63) is 16.7 Å². The summed E-state index contributed by atoms with van der Waals surface area (Å²) in [6.45, 7) is 4.20. The Morgan fingerprint density at radius 3 is 2.88 bits per heavy atom.